The Morgan fingerprint density at radius 2 is 1.00 bits per heavy atom. The summed E-state index contributed by atoms with van der Waals surface area (Å²) in [4.78, 5) is 11.6. The van der Waals surface area contributed by atoms with Gasteiger partial charge in [-0.1, -0.05) is 90.4 Å². The van der Waals surface area contributed by atoms with Crippen LogP contribution in [0.1, 0.15) is 103 Å². The van der Waals surface area contributed by atoms with E-state index in [0.717, 1.165) is 19.3 Å². The first-order valence-corrected chi connectivity index (χ1v) is 12.0. The van der Waals surface area contributed by atoms with E-state index < -0.39 is 7.37 Å². The van der Waals surface area contributed by atoms with Crippen LogP contribution in [0.2, 0.25) is 0 Å². The number of hydrogen-bond donors (Lipinski definition) is 1. The maximum absolute atomic E-state index is 11.6. The Bertz CT molecular complexity index is 288. The van der Waals surface area contributed by atoms with Crippen molar-refractivity contribution in [1.29, 1.82) is 0 Å². The minimum absolute atomic E-state index is 0. The molecule has 5 heteroatoms. The van der Waals surface area contributed by atoms with Crippen LogP contribution in [0.4, 0.5) is 0 Å². The van der Waals surface area contributed by atoms with Crippen molar-refractivity contribution < 1.29 is 44.1 Å². The summed E-state index contributed by atoms with van der Waals surface area (Å²) in [5.74, 6) is 0. The number of aliphatic hydroxyl groups excluding tert-OH is 1. The van der Waals surface area contributed by atoms with Gasteiger partial charge in [-0.25, -0.2) is 0 Å². The molecule has 0 aromatic carbocycles. The number of hydrogen-bond acceptors (Lipinski definition) is 3. The smallest absolute Gasteiger partial charge is 0.799 e. The quantitative estimate of drug-likeness (QED) is 0.229. The molecule has 0 spiro atoms. The molecule has 0 heterocycles. The third-order valence-electron chi connectivity index (χ3n) is 4.51. The molecule has 24 heavy (non-hydrogen) atoms. The van der Waals surface area contributed by atoms with Crippen LogP contribution in [0, 0.1) is 0 Å². The van der Waals surface area contributed by atoms with Gasteiger partial charge in [0.15, 0.2) is 0 Å². The van der Waals surface area contributed by atoms with Crippen molar-refractivity contribution in [3.63, 3.8) is 0 Å². The summed E-state index contributed by atoms with van der Waals surface area (Å²) in [6, 6.07) is 0. The van der Waals surface area contributed by atoms with Gasteiger partial charge in [-0.15, -0.1) is 0 Å². The van der Waals surface area contributed by atoms with Crippen LogP contribution >= 0.6 is 7.37 Å². The third-order valence-corrected chi connectivity index (χ3v) is 6.50. The monoisotopic (exact) mass is 370 g/mol. The normalized spacial score (nSPS) is 13.5. The van der Waals surface area contributed by atoms with Gasteiger partial charge in [-0.3, -0.25) is 0 Å². The van der Waals surface area contributed by atoms with Gasteiger partial charge in [0.1, 0.15) is 0 Å². The molecule has 0 aliphatic carbocycles. The standard InChI is InChI=1S/C19H41O3P.Na/c1-2-3-4-5-6-7-8-9-10-11-12-13-14-15-18-23(21,22)19-16-17-20;/h20H,2-19H2,1H3,(H,21,22);/q;+1/p-1. The van der Waals surface area contributed by atoms with E-state index in [9.17, 15) is 9.46 Å². The van der Waals surface area contributed by atoms with Crippen molar-refractivity contribution >= 4 is 7.37 Å². The molecular formula is C19H40NaO3P. The Kier molecular flexibility index (Phi) is 23.3. The summed E-state index contributed by atoms with van der Waals surface area (Å²) in [6.07, 6.45) is 18.9. The molecule has 3 nitrogen and oxygen atoms in total. The van der Waals surface area contributed by atoms with Crippen molar-refractivity contribution in [2.75, 3.05) is 18.9 Å². The maximum atomic E-state index is 11.6. The second-order valence-electron chi connectivity index (χ2n) is 6.94. The molecular weight excluding hydrogens is 330 g/mol. The summed E-state index contributed by atoms with van der Waals surface area (Å²) < 4.78 is 11.6. The molecule has 0 aliphatic rings. The van der Waals surface area contributed by atoms with Crippen LogP contribution in [0.15, 0.2) is 0 Å². The molecule has 0 aromatic heterocycles. The van der Waals surface area contributed by atoms with Gasteiger partial charge < -0.3 is 14.6 Å². The Morgan fingerprint density at radius 1 is 0.667 bits per heavy atom. The molecule has 0 fully saturated rings. The average Bonchev–Trinajstić information content (AvgIpc) is 2.53. The molecule has 1 unspecified atom stereocenters. The van der Waals surface area contributed by atoms with Crippen molar-refractivity contribution in [3.8, 4) is 0 Å². The third kappa shape index (κ3) is 21.2. The van der Waals surface area contributed by atoms with Crippen molar-refractivity contribution in [2.24, 2.45) is 0 Å². The predicted molar refractivity (Wildman–Crippen MR) is 99.4 cm³/mol. The summed E-state index contributed by atoms with van der Waals surface area (Å²) in [5, 5.41) is 8.66. The molecule has 140 valence electrons. The van der Waals surface area contributed by atoms with Crippen LogP contribution in [0.5, 0.6) is 0 Å². The summed E-state index contributed by atoms with van der Waals surface area (Å²) in [5.41, 5.74) is 0. The van der Waals surface area contributed by atoms with Gasteiger partial charge in [0.2, 0.25) is 0 Å². The average molecular weight is 370 g/mol. The van der Waals surface area contributed by atoms with Gasteiger partial charge in [-0.05, 0) is 25.2 Å². The molecule has 0 aromatic rings. The first-order chi connectivity index (χ1) is 11.1. The van der Waals surface area contributed by atoms with Gasteiger partial charge in [0.05, 0.1) is 0 Å². The van der Waals surface area contributed by atoms with Crippen LogP contribution in [-0.2, 0) is 4.57 Å². The molecule has 1 atom stereocenters. The maximum Gasteiger partial charge on any atom is 1.00 e. The molecule has 0 radical (unpaired) electrons. The summed E-state index contributed by atoms with van der Waals surface area (Å²) in [7, 11) is -3.20. The Labute approximate surface area is 173 Å². The minimum Gasteiger partial charge on any atom is -0.799 e. The first kappa shape index (κ1) is 27.4. The van der Waals surface area contributed by atoms with E-state index in [1.165, 1.54) is 70.6 Å². The van der Waals surface area contributed by atoms with Crippen molar-refractivity contribution in [1.82, 2.24) is 0 Å². The first-order valence-electron chi connectivity index (χ1n) is 10.0. The molecule has 0 saturated carbocycles. The Morgan fingerprint density at radius 3 is 1.38 bits per heavy atom. The SMILES string of the molecule is CCCCCCCCCCCCCCCCP(=O)([O-])CCCO.[Na+]. The van der Waals surface area contributed by atoms with Crippen molar-refractivity contribution in [2.45, 2.75) is 103 Å². The number of aliphatic hydroxyl groups is 1. The Balaban J connectivity index is 0. The fourth-order valence-corrected chi connectivity index (χ4v) is 4.52. The molecule has 0 amide bonds. The van der Waals surface area contributed by atoms with E-state index >= 15 is 0 Å². The Hall–Kier alpha value is 1.15. The number of rotatable bonds is 18. The van der Waals surface area contributed by atoms with Gasteiger partial charge >= 0.3 is 29.6 Å². The summed E-state index contributed by atoms with van der Waals surface area (Å²) in [6.45, 7) is 2.24. The van der Waals surface area contributed by atoms with Crippen molar-refractivity contribution in [3.05, 3.63) is 0 Å². The van der Waals surface area contributed by atoms with E-state index in [2.05, 4.69) is 6.92 Å². The van der Waals surface area contributed by atoms with Gasteiger partial charge in [-0.2, -0.15) is 0 Å². The molecule has 0 bridgehead atoms. The topological polar surface area (TPSA) is 60.4 Å². The molecule has 0 aliphatic heterocycles. The van der Waals surface area contributed by atoms with E-state index in [1.54, 1.807) is 0 Å². The zero-order valence-corrected chi connectivity index (χ0v) is 19.3. The van der Waals surface area contributed by atoms with Gasteiger partial charge in [0, 0.05) is 14.0 Å². The minimum atomic E-state index is -3.20. The van der Waals surface area contributed by atoms with Crippen LogP contribution < -0.4 is 34.5 Å². The molecule has 1 N–H and O–H groups in total. The van der Waals surface area contributed by atoms with E-state index in [1.807, 2.05) is 0 Å². The number of unbranched alkanes of at least 4 members (excludes halogenated alkanes) is 13. The van der Waals surface area contributed by atoms with Crippen LogP contribution in [0.3, 0.4) is 0 Å². The fourth-order valence-electron chi connectivity index (χ4n) is 2.97. The largest absolute Gasteiger partial charge is 1.00 e. The zero-order valence-electron chi connectivity index (χ0n) is 16.4. The second-order valence-corrected chi connectivity index (χ2v) is 9.46. The van der Waals surface area contributed by atoms with Gasteiger partial charge in [0.25, 0.3) is 0 Å². The molecule has 0 saturated heterocycles. The van der Waals surface area contributed by atoms with E-state index in [4.69, 9.17) is 5.11 Å². The molecule has 0 rings (SSSR count). The second kappa shape index (κ2) is 20.5. The van der Waals surface area contributed by atoms with E-state index in [0.29, 0.717) is 12.6 Å². The van der Waals surface area contributed by atoms with Crippen LogP contribution in [0.25, 0.3) is 0 Å². The zero-order chi connectivity index (χ0) is 17.2. The summed E-state index contributed by atoms with van der Waals surface area (Å²) >= 11 is 0. The van der Waals surface area contributed by atoms with Crippen LogP contribution in [-0.4, -0.2) is 24.0 Å². The fraction of sp³-hybridized carbons (Fsp3) is 1.00. The predicted octanol–water partition coefficient (Wildman–Crippen LogP) is 2.49. The van der Waals surface area contributed by atoms with E-state index in [-0.39, 0.29) is 42.3 Å².